The summed E-state index contributed by atoms with van der Waals surface area (Å²) in [5, 5.41) is 0.646. The van der Waals surface area contributed by atoms with Gasteiger partial charge in [0.05, 0.1) is 5.54 Å². The summed E-state index contributed by atoms with van der Waals surface area (Å²) in [7, 11) is 0. The van der Waals surface area contributed by atoms with Crippen molar-refractivity contribution in [2.24, 2.45) is 4.99 Å². The Bertz CT molecular complexity index is 487. The van der Waals surface area contributed by atoms with Gasteiger partial charge >= 0.3 is 0 Å². The number of carbonyl (C=O) groups excluding carboxylic acids is 1. The van der Waals surface area contributed by atoms with Crippen LogP contribution in [0.5, 0.6) is 0 Å². The SMILES string of the molecule is CC1Cc2cccc(C3(N=C=O)CC3)c2S1. The van der Waals surface area contributed by atoms with Crippen LogP contribution in [0.1, 0.15) is 30.9 Å². The first-order chi connectivity index (χ1) is 7.75. The molecule has 16 heavy (non-hydrogen) atoms. The fourth-order valence-electron chi connectivity index (χ4n) is 2.45. The second-order valence-electron chi connectivity index (χ2n) is 4.66. The van der Waals surface area contributed by atoms with E-state index in [0.29, 0.717) is 5.25 Å². The van der Waals surface area contributed by atoms with E-state index in [0.717, 1.165) is 19.3 Å². The molecular formula is C13H13NOS. The van der Waals surface area contributed by atoms with Crippen molar-refractivity contribution in [3.8, 4) is 0 Å². The summed E-state index contributed by atoms with van der Waals surface area (Å²) in [6.45, 7) is 2.25. The lowest BCUT2D eigenvalue weighted by Crippen LogP contribution is -2.04. The predicted molar refractivity (Wildman–Crippen MR) is 64.5 cm³/mol. The third kappa shape index (κ3) is 1.43. The minimum atomic E-state index is -0.218. The van der Waals surface area contributed by atoms with Gasteiger partial charge in [0.2, 0.25) is 6.08 Å². The normalized spacial score (nSPS) is 24.7. The molecule has 2 nitrogen and oxygen atoms in total. The number of benzene rings is 1. The molecular weight excluding hydrogens is 218 g/mol. The number of hydrogen-bond donors (Lipinski definition) is 0. The van der Waals surface area contributed by atoms with Crippen molar-refractivity contribution in [2.45, 2.75) is 41.9 Å². The molecule has 1 saturated carbocycles. The molecule has 1 fully saturated rings. The monoisotopic (exact) mass is 231 g/mol. The lowest BCUT2D eigenvalue weighted by Gasteiger charge is -2.12. The molecule has 0 spiro atoms. The standard InChI is InChI=1S/C13H13NOS/c1-9-7-10-3-2-4-11(12(10)16-9)13(5-6-13)14-8-15/h2-4,9H,5-7H2,1H3. The van der Waals surface area contributed by atoms with E-state index in [2.05, 4.69) is 30.1 Å². The molecule has 0 aromatic heterocycles. The van der Waals surface area contributed by atoms with Crippen LogP contribution in [-0.2, 0) is 16.8 Å². The highest BCUT2D eigenvalue weighted by Crippen LogP contribution is 2.54. The summed E-state index contributed by atoms with van der Waals surface area (Å²) in [6, 6.07) is 6.40. The van der Waals surface area contributed by atoms with Gasteiger partial charge in [-0.1, -0.05) is 25.1 Å². The Morgan fingerprint density at radius 2 is 2.31 bits per heavy atom. The first kappa shape index (κ1) is 10.1. The van der Waals surface area contributed by atoms with Crippen LogP contribution in [0.25, 0.3) is 0 Å². The molecule has 0 amide bonds. The van der Waals surface area contributed by atoms with Gasteiger partial charge in [0.1, 0.15) is 0 Å². The Balaban J connectivity index is 2.10. The lowest BCUT2D eigenvalue weighted by molar-refractivity contribution is 0.555. The molecule has 0 saturated heterocycles. The fraction of sp³-hybridized carbons (Fsp3) is 0.462. The average Bonchev–Trinajstić information content (AvgIpc) is 2.92. The van der Waals surface area contributed by atoms with Crippen LogP contribution in [0.3, 0.4) is 0 Å². The summed E-state index contributed by atoms with van der Waals surface area (Å²) < 4.78 is 0. The maximum absolute atomic E-state index is 10.5. The smallest absolute Gasteiger partial charge is 0.211 e. The van der Waals surface area contributed by atoms with Crippen molar-refractivity contribution in [1.82, 2.24) is 0 Å². The third-order valence-corrected chi connectivity index (χ3v) is 4.69. The van der Waals surface area contributed by atoms with Crippen LogP contribution in [0.4, 0.5) is 0 Å². The topological polar surface area (TPSA) is 29.4 Å². The maximum atomic E-state index is 10.5. The second-order valence-corrected chi connectivity index (χ2v) is 6.11. The number of rotatable bonds is 2. The number of isocyanates is 1. The molecule has 1 aliphatic carbocycles. The van der Waals surface area contributed by atoms with Crippen molar-refractivity contribution >= 4 is 17.8 Å². The number of thioether (sulfide) groups is 1. The fourth-order valence-corrected chi connectivity index (χ4v) is 3.80. The highest BCUT2D eigenvalue weighted by Gasteiger charge is 2.47. The molecule has 1 aromatic carbocycles. The zero-order valence-corrected chi connectivity index (χ0v) is 10.0. The van der Waals surface area contributed by atoms with Crippen molar-refractivity contribution in [3.05, 3.63) is 29.3 Å². The number of aliphatic imine (C=N–C) groups is 1. The van der Waals surface area contributed by atoms with Crippen molar-refractivity contribution in [2.75, 3.05) is 0 Å². The Hall–Kier alpha value is -1.05. The van der Waals surface area contributed by atoms with Crippen molar-refractivity contribution in [1.29, 1.82) is 0 Å². The Morgan fingerprint density at radius 1 is 1.50 bits per heavy atom. The van der Waals surface area contributed by atoms with Crippen molar-refractivity contribution < 1.29 is 4.79 Å². The van der Waals surface area contributed by atoms with Crippen LogP contribution in [-0.4, -0.2) is 11.3 Å². The van der Waals surface area contributed by atoms with E-state index in [-0.39, 0.29) is 5.54 Å². The van der Waals surface area contributed by atoms with Crippen LogP contribution >= 0.6 is 11.8 Å². The van der Waals surface area contributed by atoms with Crippen LogP contribution in [0.15, 0.2) is 28.1 Å². The van der Waals surface area contributed by atoms with Gasteiger partial charge in [-0.25, -0.2) is 4.79 Å². The van der Waals surface area contributed by atoms with Gasteiger partial charge in [-0.05, 0) is 30.4 Å². The van der Waals surface area contributed by atoms with E-state index in [9.17, 15) is 4.79 Å². The lowest BCUT2D eigenvalue weighted by atomic mass is 10.0. The van der Waals surface area contributed by atoms with Gasteiger partial charge in [0.25, 0.3) is 0 Å². The summed E-state index contributed by atoms with van der Waals surface area (Å²) in [5.74, 6) is 0. The molecule has 0 bridgehead atoms. The summed E-state index contributed by atoms with van der Waals surface area (Å²) in [5.41, 5.74) is 2.45. The summed E-state index contributed by atoms with van der Waals surface area (Å²) >= 11 is 1.92. The van der Waals surface area contributed by atoms with E-state index >= 15 is 0 Å². The molecule has 3 heteroatoms. The van der Waals surface area contributed by atoms with E-state index < -0.39 is 0 Å². The van der Waals surface area contributed by atoms with Gasteiger partial charge in [0, 0.05) is 10.1 Å². The summed E-state index contributed by atoms with van der Waals surface area (Å²) in [6.07, 6.45) is 4.86. The Labute approximate surface area is 99.2 Å². The quantitative estimate of drug-likeness (QED) is 0.578. The number of hydrogen-bond acceptors (Lipinski definition) is 3. The molecule has 1 heterocycles. The Kier molecular flexibility index (Phi) is 2.20. The Morgan fingerprint density at radius 3 is 3.00 bits per heavy atom. The van der Waals surface area contributed by atoms with Gasteiger partial charge in [0.15, 0.2) is 0 Å². The minimum Gasteiger partial charge on any atom is -0.211 e. The molecule has 82 valence electrons. The van der Waals surface area contributed by atoms with Crippen LogP contribution in [0.2, 0.25) is 0 Å². The van der Waals surface area contributed by atoms with Gasteiger partial charge in [-0.2, -0.15) is 4.99 Å². The molecule has 1 unspecified atom stereocenters. The highest BCUT2D eigenvalue weighted by molar-refractivity contribution is 8.00. The first-order valence-corrected chi connectivity index (χ1v) is 6.51. The zero-order chi connectivity index (χ0) is 11.2. The third-order valence-electron chi connectivity index (χ3n) is 3.41. The largest absolute Gasteiger partial charge is 0.235 e. The number of fused-ring (bicyclic) bond motifs is 1. The van der Waals surface area contributed by atoms with E-state index in [1.807, 2.05) is 11.8 Å². The van der Waals surface area contributed by atoms with E-state index in [1.165, 1.54) is 16.0 Å². The molecule has 0 N–H and O–H groups in total. The minimum absolute atomic E-state index is 0.218. The summed E-state index contributed by atoms with van der Waals surface area (Å²) in [4.78, 5) is 15.9. The predicted octanol–water partition coefficient (Wildman–Crippen LogP) is 3.05. The van der Waals surface area contributed by atoms with E-state index in [4.69, 9.17) is 0 Å². The highest BCUT2D eigenvalue weighted by atomic mass is 32.2. The average molecular weight is 231 g/mol. The van der Waals surface area contributed by atoms with Gasteiger partial charge in [-0.3, -0.25) is 0 Å². The van der Waals surface area contributed by atoms with Gasteiger partial charge in [-0.15, -0.1) is 11.8 Å². The molecule has 2 aliphatic rings. The van der Waals surface area contributed by atoms with Gasteiger partial charge < -0.3 is 0 Å². The molecule has 1 aromatic rings. The first-order valence-electron chi connectivity index (χ1n) is 5.63. The zero-order valence-electron chi connectivity index (χ0n) is 9.19. The number of nitrogens with zero attached hydrogens (tertiary/aromatic N) is 1. The van der Waals surface area contributed by atoms with E-state index in [1.54, 1.807) is 6.08 Å². The second kappa shape index (κ2) is 3.47. The molecule has 1 aliphatic heterocycles. The maximum Gasteiger partial charge on any atom is 0.235 e. The van der Waals surface area contributed by atoms with Crippen molar-refractivity contribution in [3.63, 3.8) is 0 Å². The molecule has 3 rings (SSSR count). The molecule has 1 atom stereocenters. The van der Waals surface area contributed by atoms with Crippen LogP contribution in [0, 0.1) is 0 Å². The van der Waals surface area contributed by atoms with Crippen LogP contribution < -0.4 is 0 Å². The molecule has 0 radical (unpaired) electrons.